The van der Waals surface area contributed by atoms with E-state index in [2.05, 4.69) is 16.0 Å². The molecule has 0 unspecified atom stereocenters. The van der Waals surface area contributed by atoms with Gasteiger partial charge in [0.15, 0.2) is 0 Å². The van der Waals surface area contributed by atoms with Crippen LogP contribution < -0.4 is 0 Å². The van der Waals surface area contributed by atoms with Crippen molar-refractivity contribution < 1.29 is 9.53 Å². The highest BCUT2D eigenvalue weighted by Gasteiger charge is 2.15. The van der Waals surface area contributed by atoms with Gasteiger partial charge in [0.2, 0.25) is 5.95 Å². The number of aryl methyl sites for hydroxylation is 1. The number of carbonyl (C=O) groups excluding carboxylic acids is 1. The summed E-state index contributed by atoms with van der Waals surface area (Å²) in [5.74, 6) is 0.266. The lowest BCUT2D eigenvalue weighted by atomic mass is 10.2. The molecule has 1 aromatic carbocycles. The average molecular weight is 281 g/mol. The lowest BCUT2D eigenvalue weighted by Crippen LogP contribution is -2.10. The molecule has 0 saturated heterocycles. The van der Waals surface area contributed by atoms with Crippen molar-refractivity contribution in [2.75, 3.05) is 7.11 Å². The predicted molar refractivity (Wildman–Crippen MR) is 79.3 cm³/mol. The van der Waals surface area contributed by atoms with E-state index in [1.54, 1.807) is 18.5 Å². The fourth-order valence-corrected chi connectivity index (χ4v) is 2.38. The van der Waals surface area contributed by atoms with Crippen molar-refractivity contribution in [3.05, 3.63) is 54.0 Å². The van der Waals surface area contributed by atoms with E-state index < -0.39 is 0 Å². The Hall–Kier alpha value is -2.69. The Labute approximate surface area is 122 Å². The third-order valence-electron chi connectivity index (χ3n) is 3.34. The molecule has 21 heavy (non-hydrogen) atoms. The number of hydrogen-bond donors (Lipinski definition) is 0. The van der Waals surface area contributed by atoms with E-state index in [4.69, 9.17) is 4.74 Å². The van der Waals surface area contributed by atoms with Crippen molar-refractivity contribution in [2.45, 2.75) is 13.3 Å². The molecule has 0 radical (unpaired) electrons. The first-order valence-corrected chi connectivity index (χ1v) is 6.64. The number of aromatic nitrogens is 3. The molecule has 0 aliphatic rings. The van der Waals surface area contributed by atoms with Gasteiger partial charge in [0.25, 0.3) is 0 Å². The van der Waals surface area contributed by atoms with E-state index in [1.807, 2.05) is 29.7 Å². The van der Waals surface area contributed by atoms with Gasteiger partial charge in [-0.3, -0.25) is 9.36 Å². The average Bonchev–Trinajstić information content (AvgIpc) is 2.84. The highest BCUT2D eigenvalue weighted by atomic mass is 16.5. The highest BCUT2D eigenvalue weighted by Crippen LogP contribution is 2.24. The zero-order valence-corrected chi connectivity index (χ0v) is 11.9. The van der Waals surface area contributed by atoms with Crippen molar-refractivity contribution in [3.8, 4) is 5.95 Å². The molecule has 3 rings (SSSR count). The molecule has 0 atom stereocenters. The monoisotopic (exact) mass is 281 g/mol. The fourth-order valence-electron chi connectivity index (χ4n) is 2.38. The Balaban J connectivity index is 2.23. The van der Waals surface area contributed by atoms with Crippen LogP contribution in [0.25, 0.3) is 16.9 Å². The van der Waals surface area contributed by atoms with Gasteiger partial charge in [0.1, 0.15) is 0 Å². The summed E-state index contributed by atoms with van der Waals surface area (Å²) >= 11 is 0. The summed E-state index contributed by atoms with van der Waals surface area (Å²) in [5.41, 5.74) is 2.96. The molecule has 0 fully saturated rings. The maximum atomic E-state index is 11.6. The standard InChI is InChI=1S/C16H15N3O2/c1-11-4-5-14-12(8-11)9-13(10-15(20)21-2)19(14)16-17-6-3-7-18-16/h3-9H,10H2,1-2H3. The SMILES string of the molecule is COC(=O)Cc1cc2cc(C)ccc2n1-c1ncccn1. The highest BCUT2D eigenvalue weighted by molar-refractivity contribution is 5.85. The lowest BCUT2D eigenvalue weighted by Gasteiger charge is -2.08. The van der Waals surface area contributed by atoms with E-state index in [0.29, 0.717) is 5.95 Å². The molecule has 0 bridgehead atoms. The van der Waals surface area contributed by atoms with E-state index in [0.717, 1.165) is 16.6 Å². The van der Waals surface area contributed by atoms with Gasteiger partial charge in [-0.15, -0.1) is 0 Å². The molecule has 2 heterocycles. The van der Waals surface area contributed by atoms with Crippen molar-refractivity contribution >= 4 is 16.9 Å². The molecule has 0 spiro atoms. The number of fused-ring (bicyclic) bond motifs is 1. The fraction of sp³-hybridized carbons (Fsp3) is 0.188. The van der Waals surface area contributed by atoms with Crippen LogP contribution in [0.2, 0.25) is 0 Å². The van der Waals surface area contributed by atoms with Gasteiger partial charge in [0, 0.05) is 23.5 Å². The summed E-state index contributed by atoms with van der Waals surface area (Å²) in [6.07, 6.45) is 3.55. The number of methoxy groups -OCH3 is 1. The molecule has 0 aliphatic carbocycles. The van der Waals surface area contributed by atoms with Gasteiger partial charge in [-0.1, -0.05) is 11.6 Å². The second-order valence-electron chi connectivity index (χ2n) is 4.84. The summed E-state index contributed by atoms with van der Waals surface area (Å²) < 4.78 is 6.67. The molecule has 106 valence electrons. The number of rotatable bonds is 3. The molecular formula is C16H15N3O2. The number of esters is 1. The first-order chi connectivity index (χ1) is 10.2. The number of nitrogens with zero attached hydrogens (tertiary/aromatic N) is 3. The van der Waals surface area contributed by atoms with Crippen LogP contribution in [-0.2, 0) is 16.0 Å². The molecule has 5 nitrogen and oxygen atoms in total. The van der Waals surface area contributed by atoms with E-state index in [1.165, 1.54) is 12.7 Å². The zero-order valence-electron chi connectivity index (χ0n) is 11.9. The third kappa shape index (κ3) is 2.50. The molecule has 0 saturated carbocycles. The Morgan fingerprint density at radius 3 is 2.71 bits per heavy atom. The summed E-state index contributed by atoms with van der Waals surface area (Å²) in [5, 5.41) is 1.06. The summed E-state index contributed by atoms with van der Waals surface area (Å²) in [6, 6.07) is 9.87. The van der Waals surface area contributed by atoms with Gasteiger partial charge in [0.05, 0.1) is 19.0 Å². The molecule has 0 aliphatic heterocycles. The van der Waals surface area contributed by atoms with E-state index in [9.17, 15) is 4.79 Å². The smallest absolute Gasteiger partial charge is 0.311 e. The molecule has 0 N–H and O–H groups in total. The second kappa shape index (κ2) is 5.36. The minimum absolute atomic E-state index is 0.183. The maximum absolute atomic E-state index is 11.6. The largest absolute Gasteiger partial charge is 0.469 e. The topological polar surface area (TPSA) is 57.0 Å². The lowest BCUT2D eigenvalue weighted by molar-refractivity contribution is -0.139. The van der Waals surface area contributed by atoms with Crippen LogP contribution in [0.3, 0.4) is 0 Å². The van der Waals surface area contributed by atoms with Crippen molar-refractivity contribution in [1.29, 1.82) is 0 Å². The normalized spacial score (nSPS) is 10.8. The first-order valence-electron chi connectivity index (χ1n) is 6.64. The van der Waals surface area contributed by atoms with Gasteiger partial charge in [-0.25, -0.2) is 9.97 Å². The van der Waals surface area contributed by atoms with Crippen molar-refractivity contribution in [1.82, 2.24) is 14.5 Å². The number of benzene rings is 1. The summed E-state index contributed by atoms with van der Waals surface area (Å²) in [7, 11) is 1.39. The van der Waals surface area contributed by atoms with Gasteiger partial charge < -0.3 is 4.74 Å². The van der Waals surface area contributed by atoms with Crippen LogP contribution in [0, 0.1) is 6.92 Å². The zero-order chi connectivity index (χ0) is 14.8. The van der Waals surface area contributed by atoms with E-state index >= 15 is 0 Å². The molecule has 2 aromatic heterocycles. The summed E-state index contributed by atoms with van der Waals surface area (Å²) in [4.78, 5) is 20.2. The van der Waals surface area contributed by atoms with Crippen LogP contribution in [0.5, 0.6) is 0 Å². The molecule has 0 amide bonds. The third-order valence-corrected chi connectivity index (χ3v) is 3.34. The van der Waals surface area contributed by atoms with Crippen LogP contribution >= 0.6 is 0 Å². The van der Waals surface area contributed by atoms with Crippen LogP contribution in [0.1, 0.15) is 11.3 Å². The first kappa shape index (κ1) is 13.3. The Bertz CT molecular complexity index is 794. The van der Waals surface area contributed by atoms with Crippen LogP contribution in [0.15, 0.2) is 42.7 Å². The van der Waals surface area contributed by atoms with Gasteiger partial charge in [-0.05, 0) is 31.2 Å². The van der Waals surface area contributed by atoms with Gasteiger partial charge >= 0.3 is 5.97 Å². The van der Waals surface area contributed by atoms with Gasteiger partial charge in [-0.2, -0.15) is 0 Å². The Morgan fingerprint density at radius 2 is 2.00 bits per heavy atom. The number of carbonyl (C=O) groups is 1. The molecule has 5 heteroatoms. The number of ether oxygens (including phenoxy) is 1. The Morgan fingerprint density at radius 1 is 1.24 bits per heavy atom. The number of hydrogen-bond acceptors (Lipinski definition) is 4. The summed E-state index contributed by atoms with van der Waals surface area (Å²) in [6.45, 7) is 2.04. The van der Waals surface area contributed by atoms with Crippen molar-refractivity contribution in [3.63, 3.8) is 0 Å². The predicted octanol–water partition coefficient (Wildman–Crippen LogP) is 2.44. The Kier molecular flexibility index (Phi) is 3.39. The van der Waals surface area contributed by atoms with Crippen LogP contribution in [-0.4, -0.2) is 27.6 Å². The second-order valence-corrected chi connectivity index (χ2v) is 4.84. The minimum Gasteiger partial charge on any atom is -0.469 e. The van der Waals surface area contributed by atoms with Crippen molar-refractivity contribution in [2.24, 2.45) is 0 Å². The maximum Gasteiger partial charge on any atom is 0.311 e. The molecule has 3 aromatic rings. The molecular weight excluding hydrogens is 266 g/mol. The van der Waals surface area contributed by atoms with Crippen LogP contribution in [0.4, 0.5) is 0 Å². The quantitative estimate of drug-likeness (QED) is 0.692. The van der Waals surface area contributed by atoms with E-state index in [-0.39, 0.29) is 12.4 Å². The minimum atomic E-state index is -0.285.